The Labute approximate surface area is 150 Å². The number of carbonyl (C=O) groups excluding carboxylic acids is 2. The van der Waals surface area contributed by atoms with Crippen LogP contribution in [0.15, 0.2) is 46.7 Å². The summed E-state index contributed by atoms with van der Waals surface area (Å²) in [5.41, 5.74) is 0.298. The largest absolute Gasteiger partial charge is 0.448 e. The molecule has 1 aromatic heterocycles. The summed E-state index contributed by atoms with van der Waals surface area (Å²) in [6, 6.07) is 9.18. The zero-order chi connectivity index (χ0) is 18.6. The molecular formula is C16H18N2O5S2. The number of nitrogens with zero attached hydrogens (tertiary/aromatic N) is 1. The van der Waals surface area contributed by atoms with Gasteiger partial charge in [0, 0.05) is 19.8 Å². The van der Waals surface area contributed by atoms with Gasteiger partial charge in [-0.25, -0.2) is 17.5 Å². The summed E-state index contributed by atoms with van der Waals surface area (Å²) in [5.74, 6) is -1.13. The molecule has 0 aliphatic rings. The molecule has 134 valence electrons. The number of rotatable bonds is 6. The normalized spacial score (nSPS) is 12.6. The summed E-state index contributed by atoms with van der Waals surface area (Å²) < 4.78 is 30.4. The third-order valence-electron chi connectivity index (χ3n) is 3.26. The molecule has 1 heterocycles. The van der Waals surface area contributed by atoms with Crippen LogP contribution in [0.4, 0.5) is 5.69 Å². The highest BCUT2D eigenvalue weighted by Gasteiger charge is 2.21. The van der Waals surface area contributed by atoms with Crippen LogP contribution in [0.3, 0.4) is 0 Å². The summed E-state index contributed by atoms with van der Waals surface area (Å²) in [7, 11) is -0.759. The third-order valence-corrected chi connectivity index (χ3v) is 5.92. The fourth-order valence-corrected chi connectivity index (χ4v) is 3.41. The first kappa shape index (κ1) is 19.1. The van der Waals surface area contributed by atoms with E-state index in [-0.39, 0.29) is 4.90 Å². The van der Waals surface area contributed by atoms with E-state index < -0.39 is 28.0 Å². The van der Waals surface area contributed by atoms with Crippen molar-refractivity contribution in [3.05, 3.63) is 46.7 Å². The second-order valence-corrected chi connectivity index (χ2v) is 8.43. The van der Waals surface area contributed by atoms with Crippen LogP contribution in [-0.4, -0.2) is 44.8 Å². The van der Waals surface area contributed by atoms with Gasteiger partial charge in [-0.1, -0.05) is 12.1 Å². The molecule has 1 atom stereocenters. The van der Waals surface area contributed by atoms with Crippen molar-refractivity contribution in [3.63, 3.8) is 0 Å². The number of anilines is 1. The van der Waals surface area contributed by atoms with Crippen LogP contribution in [0.2, 0.25) is 0 Å². The highest BCUT2D eigenvalue weighted by atomic mass is 32.2. The van der Waals surface area contributed by atoms with Crippen LogP contribution in [0.1, 0.15) is 16.6 Å². The molecule has 0 saturated heterocycles. The lowest BCUT2D eigenvalue weighted by Gasteiger charge is -2.15. The van der Waals surface area contributed by atoms with Crippen molar-refractivity contribution in [3.8, 4) is 0 Å². The standard InChI is InChI=1S/C16H18N2O5S2/c1-11(23-16(20)14-8-5-9-24-14)15(19)17-12-6-4-7-13(10-12)25(21,22)18(2)3/h4-11H,1-3H3,(H,17,19)/t11-/m1/s1. The quantitative estimate of drug-likeness (QED) is 0.773. The predicted molar refractivity (Wildman–Crippen MR) is 95.1 cm³/mol. The van der Waals surface area contributed by atoms with Gasteiger partial charge >= 0.3 is 5.97 Å². The Morgan fingerprint density at radius 2 is 1.92 bits per heavy atom. The minimum absolute atomic E-state index is 0.0542. The Kier molecular flexibility index (Phi) is 5.93. The number of hydrogen-bond donors (Lipinski definition) is 1. The van der Waals surface area contributed by atoms with Crippen molar-refractivity contribution in [1.29, 1.82) is 0 Å². The summed E-state index contributed by atoms with van der Waals surface area (Å²) in [5, 5.41) is 4.28. The lowest BCUT2D eigenvalue weighted by atomic mass is 10.3. The van der Waals surface area contributed by atoms with Gasteiger partial charge in [0.05, 0.1) is 4.90 Å². The predicted octanol–water partition coefficient (Wildman–Crippen LogP) is 2.18. The van der Waals surface area contributed by atoms with Gasteiger partial charge in [0.25, 0.3) is 5.91 Å². The van der Waals surface area contributed by atoms with Gasteiger partial charge in [0.2, 0.25) is 10.0 Å². The molecule has 0 aliphatic heterocycles. The summed E-state index contributed by atoms with van der Waals surface area (Å²) in [6.45, 7) is 1.45. The van der Waals surface area contributed by atoms with Crippen LogP contribution >= 0.6 is 11.3 Å². The number of ether oxygens (including phenoxy) is 1. The maximum atomic E-state index is 12.2. The lowest BCUT2D eigenvalue weighted by Crippen LogP contribution is -2.30. The minimum Gasteiger partial charge on any atom is -0.448 e. The van der Waals surface area contributed by atoms with Gasteiger partial charge in [-0.2, -0.15) is 0 Å². The zero-order valence-electron chi connectivity index (χ0n) is 13.9. The fourth-order valence-electron chi connectivity index (χ4n) is 1.86. The third kappa shape index (κ3) is 4.65. The number of thiophene rings is 1. The molecule has 0 bridgehead atoms. The molecule has 0 radical (unpaired) electrons. The van der Waals surface area contributed by atoms with Crippen molar-refractivity contribution in [2.75, 3.05) is 19.4 Å². The number of carbonyl (C=O) groups is 2. The molecule has 0 unspecified atom stereocenters. The van der Waals surface area contributed by atoms with Gasteiger partial charge in [-0.15, -0.1) is 11.3 Å². The molecular weight excluding hydrogens is 364 g/mol. The average molecular weight is 382 g/mol. The number of amides is 1. The van der Waals surface area contributed by atoms with Crippen LogP contribution < -0.4 is 5.32 Å². The summed E-state index contributed by atoms with van der Waals surface area (Å²) in [4.78, 5) is 24.5. The van der Waals surface area contributed by atoms with Crippen LogP contribution in [-0.2, 0) is 19.6 Å². The Bertz CT molecular complexity index is 860. The van der Waals surface area contributed by atoms with Crippen molar-refractivity contribution < 1.29 is 22.7 Å². The first-order chi connectivity index (χ1) is 11.7. The van der Waals surface area contributed by atoms with E-state index in [1.165, 1.54) is 50.6 Å². The topological polar surface area (TPSA) is 92.8 Å². The molecule has 25 heavy (non-hydrogen) atoms. The van der Waals surface area contributed by atoms with E-state index in [4.69, 9.17) is 4.74 Å². The number of sulfonamides is 1. The first-order valence-electron chi connectivity index (χ1n) is 7.30. The van der Waals surface area contributed by atoms with Gasteiger partial charge < -0.3 is 10.1 Å². The van der Waals surface area contributed by atoms with E-state index in [0.717, 1.165) is 4.31 Å². The summed E-state index contributed by atoms with van der Waals surface area (Å²) in [6.07, 6.45) is -1.02. The Morgan fingerprint density at radius 3 is 2.52 bits per heavy atom. The number of hydrogen-bond acceptors (Lipinski definition) is 6. The lowest BCUT2D eigenvalue weighted by molar-refractivity contribution is -0.123. The van der Waals surface area contributed by atoms with Gasteiger partial charge in [-0.3, -0.25) is 4.79 Å². The second-order valence-electron chi connectivity index (χ2n) is 5.33. The molecule has 1 amide bonds. The first-order valence-corrected chi connectivity index (χ1v) is 9.61. The molecule has 0 saturated carbocycles. The minimum atomic E-state index is -3.61. The second kappa shape index (κ2) is 7.77. The molecule has 2 aromatic rings. The van der Waals surface area contributed by atoms with E-state index in [9.17, 15) is 18.0 Å². The Morgan fingerprint density at radius 1 is 1.20 bits per heavy atom. The number of nitrogens with one attached hydrogen (secondary N) is 1. The van der Waals surface area contributed by atoms with Gasteiger partial charge in [-0.05, 0) is 36.6 Å². The van der Waals surface area contributed by atoms with Crippen LogP contribution in [0, 0.1) is 0 Å². The molecule has 1 N–H and O–H groups in total. The van der Waals surface area contributed by atoms with Crippen LogP contribution in [0.25, 0.3) is 0 Å². The molecule has 0 fully saturated rings. The van der Waals surface area contributed by atoms with Crippen molar-refractivity contribution >= 4 is 38.9 Å². The molecule has 2 rings (SSSR count). The summed E-state index contributed by atoms with van der Waals surface area (Å²) >= 11 is 1.22. The molecule has 0 spiro atoms. The fraction of sp³-hybridized carbons (Fsp3) is 0.250. The Balaban J connectivity index is 2.06. The van der Waals surface area contributed by atoms with Crippen molar-refractivity contribution in [2.45, 2.75) is 17.9 Å². The van der Waals surface area contributed by atoms with Crippen molar-refractivity contribution in [2.24, 2.45) is 0 Å². The SMILES string of the molecule is C[C@@H](OC(=O)c1cccs1)C(=O)Nc1cccc(S(=O)(=O)N(C)C)c1. The highest BCUT2D eigenvalue weighted by Crippen LogP contribution is 2.18. The smallest absolute Gasteiger partial charge is 0.349 e. The number of benzene rings is 1. The monoisotopic (exact) mass is 382 g/mol. The zero-order valence-corrected chi connectivity index (χ0v) is 15.6. The maximum Gasteiger partial charge on any atom is 0.349 e. The highest BCUT2D eigenvalue weighted by molar-refractivity contribution is 7.89. The van der Waals surface area contributed by atoms with Gasteiger partial charge in [0.15, 0.2) is 6.10 Å². The van der Waals surface area contributed by atoms with Crippen LogP contribution in [0.5, 0.6) is 0 Å². The average Bonchev–Trinajstić information content (AvgIpc) is 3.09. The van der Waals surface area contributed by atoms with Crippen molar-refractivity contribution in [1.82, 2.24) is 4.31 Å². The van der Waals surface area contributed by atoms with E-state index in [2.05, 4.69) is 5.32 Å². The molecule has 0 aliphatic carbocycles. The molecule has 7 nitrogen and oxygen atoms in total. The maximum absolute atomic E-state index is 12.2. The van der Waals surface area contributed by atoms with E-state index in [1.807, 2.05) is 0 Å². The van der Waals surface area contributed by atoms with E-state index >= 15 is 0 Å². The van der Waals surface area contributed by atoms with E-state index in [1.54, 1.807) is 23.6 Å². The van der Waals surface area contributed by atoms with E-state index in [0.29, 0.717) is 10.6 Å². The Hall–Kier alpha value is -2.23. The molecule has 1 aromatic carbocycles. The molecule has 9 heteroatoms. The van der Waals surface area contributed by atoms with Gasteiger partial charge in [0.1, 0.15) is 4.88 Å². The number of esters is 1.